The molecule has 26 heavy (non-hydrogen) atoms. The Labute approximate surface area is 152 Å². The molecule has 2 rings (SSSR count). The smallest absolute Gasteiger partial charge is 0.190 e. The van der Waals surface area contributed by atoms with Crippen LogP contribution in [0.2, 0.25) is 0 Å². The van der Waals surface area contributed by atoms with Crippen molar-refractivity contribution in [2.24, 2.45) is 31.9 Å². The van der Waals surface area contributed by atoms with Gasteiger partial charge in [0, 0.05) is 12.4 Å². The van der Waals surface area contributed by atoms with Gasteiger partial charge in [-0.05, 0) is 23.3 Å². The normalized spacial score (nSPS) is 13.5. The van der Waals surface area contributed by atoms with Crippen LogP contribution in [0.1, 0.15) is 11.1 Å². The molecule has 0 atom stereocenters. The number of hydrogen-bond donors (Lipinski definition) is 2. The maximum absolute atomic E-state index is 5.68. The summed E-state index contributed by atoms with van der Waals surface area (Å²) in [4.78, 5) is 0. The summed E-state index contributed by atoms with van der Waals surface area (Å²) in [5, 5.41) is 15.2. The highest BCUT2D eigenvalue weighted by Crippen LogP contribution is 2.00. The average molecular weight is 344 g/mol. The molecule has 2 aromatic rings. The van der Waals surface area contributed by atoms with E-state index in [1.165, 1.54) is 12.4 Å². The van der Waals surface area contributed by atoms with Gasteiger partial charge in [-0.15, -0.1) is 10.2 Å². The Hall–Kier alpha value is -3.80. The molecular weight excluding hydrogens is 324 g/mol. The third kappa shape index (κ3) is 7.18. The van der Waals surface area contributed by atoms with Gasteiger partial charge in [0.15, 0.2) is 11.7 Å². The number of amidine groups is 2. The zero-order chi connectivity index (χ0) is 18.5. The molecule has 0 saturated carbocycles. The van der Waals surface area contributed by atoms with Gasteiger partial charge in [-0.3, -0.25) is 0 Å². The van der Waals surface area contributed by atoms with E-state index in [-0.39, 0.29) is 11.7 Å². The standard InChI is InChI=1S/C20H20N6/c21-19(25-23-15-7-13-17-9-3-1-4-10-17)20(22)26-24-16-8-14-18-11-5-2-6-12-18/h1-16H,(H2,21,25)(H2,22,26). The molecule has 0 bridgehead atoms. The second-order valence-corrected chi connectivity index (χ2v) is 5.04. The van der Waals surface area contributed by atoms with Gasteiger partial charge in [-0.2, -0.15) is 10.2 Å². The SMILES string of the molecule is NC(=NN=CC=Cc1ccccc1)C(N)=NN=CC=Cc1ccccc1. The predicted molar refractivity (Wildman–Crippen MR) is 111 cm³/mol. The predicted octanol–water partition coefficient (Wildman–Crippen LogP) is 3.10. The highest BCUT2D eigenvalue weighted by atomic mass is 15.3. The van der Waals surface area contributed by atoms with Crippen molar-refractivity contribution in [2.75, 3.05) is 0 Å². The minimum Gasteiger partial charge on any atom is -0.379 e. The zero-order valence-corrected chi connectivity index (χ0v) is 14.2. The summed E-state index contributed by atoms with van der Waals surface area (Å²) >= 11 is 0. The molecule has 0 fully saturated rings. The Balaban J connectivity index is 1.84. The topological polar surface area (TPSA) is 101 Å². The average Bonchev–Trinajstić information content (AvgIpc) is 2.68. The lowest BCUT2D eigenvalue weighted by molar-refractivity contribution is 1.22. The Bertz CT molecular complexity index is 773. The molecule has 0 unspecified atom stereocenters. The lowest BCUT2D eigenvalue weighted by Gasteiger charge is -1.93. The van der Waals surface area contributed by atoms with Crippen molar-refractivity contribution in [3.05, 3.63) is 83.9 Å². The van der Waals surface area contributed by atoms with Gasteiger partial charge < -0.3 is 11.5 Å². The molecule has 0 aliphatic heterocycles. The summed E-state index contributed by atoms with van der Waals surface area (Å²) in [5.74, 6) is -0.00269. The van der Waals surface area contributed by atoms with Gasteiger partial charge in [-0.25, -0.2) is 0 Å². The van der Waals surface area contributed by atoms with Crippen molar-refractivity contribution < 1.29 is 0 Å². The Morgan fingerprint density at radius 1 is 0.615 bits per heavy atom. The minimum atomic E-state index is -0.00134. The van der Waals surface area contributed by atoms with Crippen LogP contribution in [0.5, 0.6) is 0 Å². The van der Waals surface area contributed by atoms with E-state index in [0.717, 1.165) is 11.1 Å². The summed E-state index contributed by atoms with van der Waals surface area (Å²) in [6.07, 6.45) is 10.3. The van der Waals surface area contributed by atoms with Gasteiger partial charge in [0.25, 0.3) is 0 Å². The van der Waals surface area contributed by atoms with Crippen LogP contribution in [0.3, 0.4) is 0 Å². The van der Waals surface area contributed by atoms with Crippen molar-refractivity contribution >= 4 is 36.3 Å². The first kappa shape index (κ1) is 18.5. The van der Waals surface area contributed by atoms with E-state index in [9.17, 15) is 0 Å². The van der Waals surface area contributed by atoms with E-state index in [0.29, 0.717) is 0 Å². The number of nitrogens with zero attached hydrogens (tertiary/aromatic N) is 4. The molecule has 130 valence electrons. The number of rotatable bonds is 6. The van der Waals surface area contributed by atoms with Crippen LogP contribution in [0.25, 0.3) is 12.2 Å². The van der Waals surface area contributed by atoms with Gasteiger partial charge in [-0.1, -0.05) is 72.8 Å². The molecule has 2 aromatic carbocycles. The lowest BCUT2D eigenvalue weighted by Crippen LogP contribution is -2.30. The summed E-state index contributed by atoms with van der Waals surface area (Å²) in [7, 11) is 0. The van der Waals surface area contributed by atoms with E-state index in [2.05, 4.69) is 20.4 Å². The lowest BCUT2D eigenvalue weighted by atomic mass is 10.2. The highest BCUT2D eigenvalue weighted by Gasteiger charge is 1.96. The second-order valence-electron chi connectivity index (χ2n) is 5.04. The van der Waals surface area contributed by atoms with Crippen LogP contribution in [-0.4, -0.2) is 24.1 Å². The van der Waals surface area contributed by atoms with Crippen LogP contribution in [0.4, 0.5) is 0 Å². The summed E-state index contributed by atoms with van der Waals surface area (Å²) in [5.41, 5.74) is 13.5. The van der Waals surface area contributed by atoms with Crippen LogP contribution in [0, 0.1) is 0 Å². The van der Waals surface area contributed by atoms with Crippen molar-refractivity contribution in [1.29, 1.82) is 0 Å². The third-order valence-electron chi connectivity index (χ3n) is 3.08. The van der Waals surface area contributed by atoms with Crippen molar-refractivity contribution in [2.45, 2.75) is 0 Å². The van der Waals surface area contributed by atoms with E-state index in [1.54, 1.807) is 12.2 Å². The summed E-state index contributed by atoms with van der Waals surface area (Å²) in [6.45, 7) is 0. The third-order valence-corrected chi connectivity index (χ3v) is 3.08. The highest BCUT2D eigenvalue weighted by molar-refractivity contribution is 6.39. The minimum absolute atomic E-state index is 0.00134. The van der Waals surface area contributed by atoms with Gasteiger partial charge in [0.05, 0.1) is 0 Å². The maximum Gasteiger partial charge on any atom is 0.190 e. The quantitative estimate of drug-likeness (QED) is 0.478. The fraction of sp³-hybridized carbons (Fsp3) is 0. The molecule has 0 aromatic heterocycles. The number of benzene rings is 2. The van der Waals surface area contributed by atoms with Crippen LogP contribution < -0.4 is 11.5 Å². The Kier molecular flexibility index (Phi) is 7.76. The zero-order valence-electron chi connectivity index (χ0n) is 14.2. The van der Waals surface area contributed by atoms with Crippen LogP contribution in [-0.2, 0) is 0 Å². The Morgan fingerprint density at radius 2 is 1.00 bits per heavy atom. The first-order chi connectivity index (χ1) is 12.8. The molecule has 0 aliphatic rings. The number of hydrogen-bond acceptors (Lipinski definition) is 4. The van der Waals surface area contributed by atoms with Gasteiger partial charge >= 0.3 is 0 Å². The molecule has 6 heteroatoms. The molecule has 0 saturated heterocycles. The molecular formula is C20H20N6. The maximum atomic E-state index is 5.68. The molecule has 0 spiro atoms. The van der Waals surface area contributed by atoms with E-state index < -0.39 is 0 Å². The van der Waals surface area contributed by atoms with Crippen LogP contribution >= 0.6 is 0 Å². The fourth-order valence-electron chi connectivity index (χ4n) is 1.81. The number of nitrogens with two attached hydrogens (primary N) is 2. The molecule has 0 aliphatic carbocycles. The summed E-state index contributed by atoms with van der Waals surface area (Å²) in [6, 6.07) is 19.7. The van der Waals surface area contributed by atoms with Gasteiger partial charge in [0.2, 0.25) is 0 Å². The largest absolute Gasteiger partial charge is 0.379 e. The van der Waals surface area contributed by atoms with Crippen molar-refractivity contribution in [3.8, 4) is 0 Å². The van der Waals surface area contributed by atoms with E-state index in [1.807, 2.05) is 72.8 Å². The Morgan fingerprint density at radius 3 is 1.38 bits per heavy atom. The molecule has 6 nitrogen and oxygen atoms in total. The molecule has 0 radical (unpaired) electrons. The molecule has 0 amide bonds. The first-order valence-corrected chi connectivity index (χ1v) is 7.92. The molecule has 0 heterocycles. The van der Waals surface area contributed by atoms with Crippen molar-refractivity contribution in [1.82, 2.24) is 0 Å². The number of allylic oxidation sites excluding steroid dienone is 2. The summed E-state index contributed by atoms with van der Waals surface area (Å²) < 4.78 is 0. The van der Waals surface area contributed by atoms with E-state index in [4.69, 9.17) is 11.5 Å². The van der Waals surface area contributed by atoms with E-state index >= 15 is 0 Å². The fourth-order valence-corrected chi connectivity index (χ4v) is 1.81. The first-order valence-electron chi connectivity index (χ1n) is 7.92. The molecule has 4 N–H and O–H groups in total. The van der Waals surface area contributed by atoms with Crippen molar-refractivity contribution in [3.63, 3.8) is 0 Å². The van der Waals surface area contributed by atoms with Crippen LogP contribution in [0.15, 0.2) is 93.2 Å². The monoisotopic (exact) mass is 344 g/mol. The van der Waals surface area contributed by atoms with Gasteiger partial charge in [0.1, 0.15) is 0 Å². The second kappa shape index (κ2) is 10.9.